The number of aliphatic hydroxyl groups is 7. The molecule has 12 N–H and O–H groups in total. The van der Waals surface area contributed by atoms with Crippen LogP contribution in [0, 0.1) is 42.4 Å². The van der Waals surface area contributed by atoms with Gasteiger partial charge in [0.25, 0.3) is 0 Å². The summed E-state index contributed by atoms with van der Waals surface area (Å²) < 4.78 is 132. The maximum atomic E-state index is 12.3. The third-order valence-electron chi connectivity index (χ3n) is 20.3. The van der Waals surface area contributed by atoms with Crippen molar-refractivity contribution in [1.29, 1.82) is 0 Å². The summed E-state index contributed by atoms with van der Waals surface area (Å²) in [4.78, 5) is 63.1. The molecule has 4 fully saturated rings. The number of halogens is 1. The van der Waals surface area contributed by atoms with Crippen molar-refractivity contribution in [3.8, 4) is 5.88 Å². The van der Waals surface area contributed by atoms with Gasteiger partial charge in [-0.25, -0.2) is 44.9 Å². The van der Waals surface area contributed by atoms with E-state index in [2.05, 4.69) is 65.1 Å². The van der Waals surface area contributed by atoms with Crippen molar-refractivity contribution >= 4 is 110 Å². The number of nitrogens with two attached hydrogens (primary N) is 2. The normalized spacial score (nSPS) is 29.0. The third-order valence-corrected chi connectivity index (χ3v) is 25.8. The molecule has 12 rings (SSSR count). The highest BCUT2D eigenvalue weighted by Gasteiger charge is 2.59. The number of aryl methyl sites for hydroxylation is 3. The van der Waals surface area contributed by atoms with E-state index >= 15 is 0 Å². The molecular weight excluding hydrogens is 1660 g/mol. The van der Waals surface area contributed by atoms with Crippen LogP contribution in [-0.4, -0.2) is 289 Å². The predicted molar refractivity (Wildman–Crippen MR) is 424 cm³/mol. The smallest absolute Gasteiger partial charge is 0.327 e. The Morgan fingerprint density at radius 3 is 1.14 bits per heavy atom. The highest BCUT2D eigenvalue weighted by Crippen LogP contribution is 2.55. The number of imidazole rings is 4. The molecule has 45 nitrogen and oxygen atoms in total. The number of ether oxygens (including phenoxy) is 6. The van der Waals surface area contributed by atoms with E-state index in [1.54, 1.807) is 89.5 Å². The van der Waals surface area contributed by atoms with Gasteiger partial charge in [-0.1, -0.05) is 34.6 Å². The number of amides is 1. The first-order chi connectivity index (χ1) is 55.5. The van der Waals surface area contributed by atoms with Gasteiger partial charge in [-0.05, 0) is 59.6 Å². The second-order valence-corrected chi connectivity index (χ2v) is 38.2. The summed E-state index contributed by atoms with van der Waals surface area (Å²) >= 11 is 6.09. The van der Waals surface area contributed by atoms with Crippen LogP contribution in [0.25, 0.3) is 44.7 Å². The number of methoxy groups -OCH3 is 2. The molecule has 8 aromatic rings. The van der Waals surface area contributed by atoms with Gasteiger partial charge in [0.05, 0.1) is 151 Å². The maximum Gasteiger partial charge on any atom is 0.327 e. The summed E-state index contributed by atoms with van der Waals surface area (Å²) in [5, 5.41) is 76.3. The highest BCUT2D eigenvalue weighted by atomic mass is 35.5. The third kappa shape index (κ3) is 20.5. The molecule has 0 bridgehead atoms. The average Bonchev–Trinajstić information content (AvgIpc) is 1.60. The average molecular weight is 1770 g/mol. The zero-order chi connectivity index (χ0) is 87.2. The first-order valence-corrected chi connectivity index (χ1v) is 45.7. The first kappa shape index (κ1) is 95.3. The van der Waals surface area contributed by atoms with Crippen LogP contribution in [0.3, 0.4) is 0 Å². The van der Waals surface area contributed by atoms with E-state index in [1.807, 2.05) is 13.8 Å². The molecule has 0 spiro atoms. The minimum atomic E-state index is -3.32. The van der Waals surface area contributed by atoms with Gasteiger partial charge in [-0.3, -0.25) is 41.3 Å². The quantitative estimate of drug-likeness (QED) is 0.0181. The second kappa shape index (κ2) is 38.9. The van der Waals surface area contributed by atoms with Crippen molar-refractivity contribution in [2.75, 3.05) is 137 Å². The molecule has 0 aliphatic carbocycles. The summed E-state index contributed by atoms with van der Waals surface area (Å²) in [6, 6.07) is 0. The van der Waals surface area contributed by atoms with Crippen LogP contribution < -0.4 is 21.5 Å². The van der Waals surface area contributed by atoms with Crippen LogP contribution in [0.4, 0.5) is 17.5 Å². The van der Waals surface area contributed by atoms with Gasteiger partial charge in [-0.15, -0.1) is 0 Å². The van der Waals surface area contributed by atoms with Crippen molar-refractivity contribution in [2.24, 2.45) is 21.7 Å². The Morgan fingerprint density at radius 2 is 0.805 bits per heavy atom. The van der Waals surface area contributed by atoms with Crippen molar-refractivity contribution in [3.05, 3.63) is 48.1 Å². The first-order valence-electron chi connectivity index (χ1n) is 37.4. The van der Waals surface area contributed by atoms with Crippen LogP contribution in [-0.2, 0) is 82.9 Å². The van der Waals surface area contributed by atoms with Crippen LogP contribution in [0.2, 0.25) is 5.28 Å². The summed E-state index contributed by atoms with van der Waals surface area (Å²) in [6.45, 7) is 23.4. The van der Waals surface area contributed by atoms with Crippen molar-refractivity contribution < 1.29 is 123 Å². The fourth-order valence-corrected chi connectivity index (χ4v) is 17.5. The molecular formula is C68H108ClN19O26P4. The minimum absolute atomic E-state index is 0.104. The number of nitrogens with one attached hydrogen (secondary N) is 1. The number of fused-ring (bicyclic) bond motifs is 4. The van der Waals surface area contributed by atoms with Gasteiger partial charge in [0.2, 0.25) is 17.1 Å². The molecule has 1 amide bonds. The molecule has 8 aromatic heterocycles. The van der Waals surface area contributed by atoms with E-state index in [0.717, 1.165) is 0 Å². The summed E-state index contributed by atoms with van der Waals surface area (Å²) in [5.74, 6) is 2.14. The number of nitrogens with zero attached hydrogens (tertiary/aromatic N) is 16. The zero-order valence-electron chi connectivity index (χ0n) is 68.8. The molecule has 4 saturated heterocycles. The lowest BCUT2D eigenvalue weighted by Gasteiger charge is -2.32. The lowest BCUT2D eigenvalue weighted by Crippen LogP contribution is -2.41. The van der Waals surface area contributed by atoms with Gasteiger partial charge in [0.15, 0.2) is 51.1 Å². The van der Waals surface area contributed by atoms with Crippen molar-refractivity contribution in [1.82, 2.24) is 78.1 Å². The lowest BCUT2D eigenvalue weighted by molar-refractivity contribution is -0.116. The van der Waals surface area contributed by atoms with E-state index in [0.29, 0.717) is 69.7 Å². The molecule has 0 radical (unpaired) electrons. The number of anilines is 3. The molecule has 0 aromatic carbocycles. The predicted octanol–water partition coefficient (Wildman–Crippen LogP) is 5.59. The van der Waals surface area contributed by atoms with Gasteiger partial charge in [0.1, 0.15) is 77.8 Å². The number of carbonyl (C=O) groups excluding carboxylic acids is 1. The SMILES string of the molecule is CCCC(=O)Nc1nc(Cl)nc2c1ncn2[C@@H]1O[C@H](COP(C)(=O)OCC)C(O)[C@]1(C)CO.CCOP(C)(=O)OC[C@H]1O[C@@H](n2cnc3c(N)nc(C)nc32)[C@@](C)(COC)C1O.CCOP(C)(=O)OC[C@H]1O[C@@H](n2cnc3c(OC)nc(C)nc32)[C@@](C)(CO)C1O.COP(C)(=O)OC[C@H]1O[C@@H](n2cnc3c(N)nc(C)nc32)[C@@](C)(CO)C1O. The fourth-order valence-electron chi connectivity index (χ4n) is 13.9. The molecule has 4 aliphatic heterocycles. The van der Waals surface area contributed by atoms with Crippen LogP contribution in [0.5, 0.6) is 5.88 Å². The minimum Gasteiger partial charge on any atom is -0.479 e. The molecule has 658 valence electrons. The summed E-state index contributed by atoms with van der Waals surface area (Å²) in [6.07, 6.45) is -4.00. The highest BCUT2D eigenvalue weighted by molar-refractivity contribution is 7.53. The number of aromatic nitrogens is 16. The molecule has 4 aliphatic rings. The van der Waals surface area contributed by atoms with Crippen molar-refractivity contribution in [3.63, 3.8) is 0 Å². The second-order valence-electron chi connectivity index (χ2n) is 29.5. The molecule has 20 atom stereocenters. The molecule has 0 saturated carbocycles. The van der Waals surface area contributed by atoms with E-state index in [9.17, 15) is 58.8 Å². The Hall–Kier alpha value is -6.52. The molecule has 8 unspecified atom stereocenters. The van der Waals surface area contributed by atoms with E-state index in [-0.39, 0.29) is 106 Å². The van der Waals surface area contributed by atoms with E-state index < -0.39 is 132 Å². The van der Waals surface area contributed by atoms with E-state index in [4.69, 9.17) is 87.7 Å². The lowest BCUT2D eigenvalue weighted by atomic mass is 9.83. The Morgan fingerprint density at radius 1 is 0.483 bits per heavy atom. The van der Waals surface area contributed by atoms with E-state index in [1.165, 1.54) is 64.4 Å². The summed E-state index contributed by atoms with van der Waals surface area (Å²) in [5.41, 5.74) is 10.8. The monoisotopic (exact) mass is 1770 g/mol. The number of hydrogen-bond donors (Lipinski definition) is 10. The number of carbonyl (C=O) groups is 1. The standard InChI is InChI=1S/C19H29ClN5O7P.C17H28N5O6P.C17H27N4O7P.C15H24N5O6P/c1-5-7-12(27)22-15-13-16(24-18(20)23-15)25(10-21-13)17-19(3,9-26)14(28)11(32-17)8-31-33(4,29)30-6-2;1-6-26-29(5,24)27-7-11-13(23)17(3,8-25-4)16(28-11)22-9-19-12-14(18)20-10(2)21-15(12)22;1-6-26-29(5,24)27-7-11-13(23)17(3,8-22)16(28-11)21-9-18-12-14(21)19-10(2)20-15(12)25-4;1-8-18-12(16)10-13(19-8)20(7-17-10)14-15(2,6-21)11(22)9(26-14)5-25-27(4,23)24-3/h10-11,14,17,26,28H,5-9H2,1-4H3,(H,22,23,24,27);9,11,13,16,23H,6-8H2,1-5H3,(H2,18,20,21);9,11,13,16,22-23H,6-8H2,1-5H3;7,9,11,14,21-22H,5-6H2,1-4H3,(H2,16,18,19)/t11-,14?,17-,19+,33?;2*11-,13?,16-,17+,29?;9-,11?,14-,15+,27?/m1111/s1. The van der Waals surface area contributed by atoms with Gasteiger partial charge in [-0.2, -0.15) is 15.0 Å². The van der Waals surface area contributed by atoms with Crippen LogP contribution in [0.1, 0.15) is 111 Å². The fraction of sp³-hybridized carbons (Fsp3) is 0.691. The van der Waals surface area contributed by atoms with Gasteiger partial charge in [0, 0.05) is 47.3 Å². The zero-order valence-corrected chi connectivity index (χ0v) is 73.1. The Bertz CT molecular complexity index is 5000. The topological polar surface area (TPSA) is 595 Å². The number of rotatable bonds is 32. The molecule has 12 heterocycles. The summed E-state index contributed by atoms with van der Waals surface area (Å²) in [7, 11) is -8.77. The number of nitrogen functional groups attached to an aromatic ring is 2. The van der Waals surface area contributed by atoms with Gasteiger partial charge < -0.3 is 117 Å². The Labute approximate surface area is 684 Å². The molecule has 50 heteroatoms. The van der Waals surface area contributed by atoms with Crippen LogP contribution >= 0.6 is 42.0 Å². The Balaban J connectivity index is 0.000000180. The van der Waals surface area contributed by atoms with Crippen molar-refractivity contribution in [2.45, 2.75) is 163 Å². The number of hydrogen-bond acceptors (Lipinski definition) is 40. The van der Waals surface area contributed by atoms with Gasteiger partial charge >= 0.3 is 30.4 Å². The maximum absolute atomic E-state index is 12.3. The largest absolute Gasteiger partial charge is 0.479 e. The van der Waals surface area contributed by atoms with Crippen LogP contribution in [0.15, 0.2) is 25.3 Å². The molecule has 118 heavy (non-hydrogen) atoms. The number of aliphatic hydroxyl groups excluding tert-OH is 7. The Kier molecular flexibility index (Phi) is 31.4.